The lowest BCUT2D eigenvalue weighted by molar-refractivity contribution is 0.0970. The van der Waals surface area contributed by atoms with Crippen LogP contribution in [0.4, 0.5) is 0 Å². The van der Waals surface area contributed by atoms with Gasteiger partial charge in [-0.3, -0.25) is 4.79 Å². The smallest absolute Gasteiger partial charge is 0.176 e. The SMILES string of the molecule is CCOCCSC(C(=O)c1ccc(Oc2ccc(OC)cc2OC)cc1)C1CCCC1. The number of ether oxygens (including phenoxy) is 4. The van der Waals surface area contributed by atoms with Gasteiger partial charge in [-0.2, -0.15) is 0 Å². The molecule has 0 heterocycles. The van der Waals surface area contributed by atoms with E-state index in [2.05, 4.69) is 0 Å². The van der Waals surface area contributed by atoms with Crippen molar-refractivity contribution < 1.29 is 23.7 Å². The number of carbonyl (C=O) groups excluding carboxylic acids is 1. The summed E-state index contributed by atoms with van der Waals surface area (Å²) in [6, 6.07) is 12.8. The predicted molar refractivity (Wildman–Crippen MR) is 125 cm³/mol. The summed E-state index contributed by atoms with van der Waals surface area (Å²) in [5, 5.41) is -0.00333. The van der Waals surface area contributed by atoms with Gasteiger partial charge in [0.1, 0.15) is 11.5 Å². The molecule has 0 radical (unpaired) electrons. The lowest BCUT2D eigenvalue weighted by atomic mass is 9.96. The third-order valence-electron chi connectivity index (χ3n) is 5.55. The minimum absolute atomic E-state index is 0.00333. The van der Waals surface area contributed by atoms with Crippen LogP contribution >= 0.6 is 11.8 Å². The number of ketones is 1. The van der Waals surface area contributed by atoms with E-state index in [0.29, 0.717) is 42.1 Å². The van der Waals surface area contributed by atoms with Crippen molar-refractivity contribution in [3.8, 4) is 23.0 Å². The van der Waals surface area contributed by atoms with Gasteiger partial charge in [-0.15, -0.1) is 11.8 Å². The molecule has 1 atom stereocenters. The Hall–Kier alpha value is -2.18. The lowest BCUT2D eigenvalue weighted by Crippen LogP contribution is -2.26. The third kappa shape index (κ3) is 6.40. The van der Waals surface area contributed by atoms with Gasteiger partial charge in [0.25, 0.3) is 0 Å². The number of hydrogen-bond donors (Lipinski definition) is 0. The Balaban J connectivity index is 1.69. The average molecular weight is 445 g/mol. The molecule has 0 spiro atoms. The second-order valence-electron chi connectivity index (χ2n) is 7.54. The summed E-state index contributed by atoms with van der Waals surface area (Å²) in [6.07, 6.45) is 4.71. The zero-order valence-electron chi connectivity index (χ0n) is 18.6. The molecule has 3 rings (SSSR count). The summed E-state index contributed by atoms with van der Waals surface area (Å²) in [5.41, 5.74) is 0.731. The molecule has 0 aromatic heterocycles. The van der Waals surface area contributed by atoms with Crippen LogP contribution in [0, 0.1) is 5.92 Å². The zero-order chi connectivity index (χ0) is 22.1. The first-order valence-electron chi connectivity index (χ1n) is 10.9. The highest BCUT2D eigenvalue weighted by atomic mass is 32.2. The number of methoxy groups -OCH3 is 2. The first kappa shape index (κ1) is 23.5. The largest absolute Gasteiger partial charge is 0.497 e. The molecule has 0 amide bonds. The molecule has 31 heavy (non-hydrogen) atoms. The molecule has 1 fully saturated rings. The Morgan fingerprint density at radius 2 is 1.71 bits per heavy atom. The van der Waals surface area contributed by atoms with Crippen LogP contribution < -0.4 is 14.2 Å². The Kier molecular flexibility index (Phi) is 9.10. The summed E-state index contributed by atoms with van der Waals surface area (Å²) < 4.78 is 22.1. The Morgan fingerprint density at radius 3 is 2.35 bits per heavy atom. The van der Waals surface area contributed by atoms with E-state index in [9.17, 15) is 4.79 Å². The summed E-state index contributed by atoms with van der Waals surface area (Å²) in [7, 11) is 3.20. The quantitative estimate of drug-likeness (QED) is 0.295. The van der Waals surface area contributed by atoms with Crippen molar-refractivity contribution in [3.63, 3.8) is 0 Å². The van der Waals surface area contributed by atoms with Crippen molar-refractivity contribution in [1.29, 1.82) is 0 Å². The number of carbonyl (C=O) groups is 1. The van der Waals surface area contributed by atoms with Crippen LogP contribution in [0.15, 0.2) is 42.5 Å². The van der Waals surface area contributed by atoms with Gasteiger partial charge >= 0.3 is 0 Å². The van der Waals surface area contributed by atoms with E-state index in [-0.39, 0.29) is 11.0 Å². The molecule has 0 aliphatic heterocycles. The van der Waals surface area contributed by atoms with Crippen LogP contribution in [0.2, 0.25) is 0 Å². The summed E-state index contributed by atoms with van der Waals surface area (Å²) >= 11 is 1.74. The number of thioether (sulfide) groups is 1. The Bertz CT molecular complexity index is 830. The Labute approximate surface area is 189 Å². The second kappa shape index (κ2) is 12.0. The molecule has 1 aliphatic carbocycles. The molecule has 2 aromatic carbocycles. The van der Waals surface area contributed by atoms with Crippen molar-refractivity contribution in [3.05, 3.63) is 48.0 Å². The maximum Gasteiger partial charge on any atom is 0.176 e. The highest BCUT2D eigenvalue weighted by molar-refractivity contribution is 8.00. The van der Waals surface area contributed by atoms with E-state index in [0.717, 1.165) is 24.2 Å². The van der Waals surface area contributed by atoms with E-state index in [1.54, 1.807) is 32.0 Å². The zero-order valence-corrected chi connectivity index (χ0v) is 19.4. The van der Waals surface area contributed by atoms with Crippen molar-refractivity contribution in [2.45, 2.75) is 37.9 Å². The molecule has 168 valence electrons. The molecule has 0 bridgehead atoms. The van der Waals surface area contributed by atoms with Gasteiger partial charge in [-0.05, 0) is 62.1 Å². The highest BCUT2D eigenvalue weighted by Crippen LogP contribution is 2.37. The molecule has 6 heteroatoms. The van der Waals surface area contributed by atoms with Gasteiger partial charge in [0.2, 0.25) is 0 Å². The molecule has 1 saturated carbocycles. The Morgan fingerprint density at radius 1 is 1.00 bits per heavy atom. The van der Waals surface area contributed by atoms with Crippen molar-refractivity contribution in [1.82, 2.24) is 0 Å². The summed E-state index contributed by atoms with van der Waals surface area (Å²) in [4.78, 5) is 13.3. The maximum absolute atomic E-state index is 13.3. The van der Waals surface area contributed by atoms with E-state index in [4.69, 9.17) is 18.9 Å². The summed E-state index contributed by atoms with van der Waals surface area (Å²) in [6.45, 7) is 3.40. The van der Waals surface area contributed by atoms with E-state index in [1.807, 2.05) is 43.3 Å². The van der Waals surface area contributed by atoms with Gasteiger partial charge in [0, 0.05) is 24.0 Å². The topological polar surface area (TPSA) is 54.0 Å². The molecule has 5 nitrogen and oxygen atoms in total. The first-order valence-corrected chi connectivity index (χ1v) is 11.9. The number of hydrogen-bond acceptors (Lipinski definition) is 6. The summed E-state index contributed by atoms with van der Waals surface area (Å²) in [5.74, 6) is 4.05. The monoisotopic (exact) mass is 444 g/mol. The molecule has 1 aliphatic rings. The van der Waals surface area contributed by atoms with Crippen LogP contribution in [0.3, 0.4) is 0 Å². The molecule has 1 unspecified atom stereocenters. The maximum atomic E-state index is 13.3. The molecule has 2 aromatic rings. The van der Waals surface area contributed by atoms with Gasteiger partial charge in [0.15, 0.2) is 17.3 Å². The van der Waals surface area contributed by atoms with Crippen molar-refractivity contribution >= 4 is 17.5 Å². The fourth-order valence-electron chi connectivity index (χ4n) is 3.90. The fourth-order valence-corrected chi connectivity index (χ4v) is 5.20. The van der Waals surface area contributed by atoms with Gasteiger partial charge in [-0.1, -0.05) is 12.8 Å². The number of benzene rings is 2. The lowest BCUT2D eigenvalue weighted by Gasteiger charge is -2.22. The van der Waals surface area contributed by atoms with Crippen LogP contribution in [-0.2, 0) is 4.74 Å². The number of rotatable bonds is 12. The highest BCUT2D eigenvalue weighted by Gasteiger charge is 2.31. The van der Waals surface area contributed by atoms with Gasteiger partial charge in [-0.25, -0.2) is 0 Å². The van der Waals surface area contributed by atoms with E-state index >= 15 is 0 Å². The fraction of sp³-hybridized carbons (Fsp3) is 0.480. The van der Waals surface area contributed by atoms with Gasteiger partial charge < -0.3 is 18.9 Å². The van der Waals surface area contributed by atoms with Gasteiger partial charge in [0.05, 0.1) is 26.1 Å². The minimum Gasteiger partial charge on any atom is -0.497 e. The van der Waals surface area contributed by atoms with Crippen molar-refractivity contribution in [2.24, 2.45) is 5.92 Å². The van der Waals surface area contributed by atoms with Crippen LogP contribution in [0.5, 0.6) is 23.0 Å². The van der Waals surface area contributed by atoms with Crippen molar-refractivity contribution in [2.75, 3.05) is 33.2 Å². The van der Waals surface area contributed by atoms with E-state index in [1.165, 1.54) is 12.8 Å². The molecule has 0 saturated heterocycles. The van der Waals surface area contributed by atoms with Crippen LogP contribution in [0.25, 0.3) is 0 Å². The second-order valence-corrected chi connectivity index (χ2v) is 8.79. The molecular weight excluding hydrogens is 412 g/mol. The minimum atomic E-state index is -0.00333. The standard InChI is InChI=1S/C25H32O5S/c1-4-29-15-16-31-25(19-7-5-6-8-19)24(26)18-9-11-20(12-10-18)30-22-14-13-21(27-2)17-23(22)28-3/h9-14,17,19,25H,4-8,15-16H2,1-3H3. The number of Topliss-reactive ketones (excluding diaryl/α,β-unsaturated/α-hetero) is 1. The van der Waals surface area contributed by atoms with Crippen LogP contribution in [0.1, 0.15) is 43.0 Å². The average Bonchev–Trinajstić information content (AvgIpc) is 3.34. The third-order valence-corrected chi connectivity index (χ3v) is 6.91. The molecule has 0 N–H and O–H groups in total. The first-order chi connectivity index (χ1) is 15.2. The van der Waals surface area contributed by atoms with E-state index < -0.39 is 0 Å². The van der Waals surface area contributed by atoms with Crippen LogP contribution in [-0.4, -0.2) is 44.2 Å². The molecular formula is C25H32O5S. The predicted octanol–water partition coefficient (Wildman–Crippen LogP) is 6.01. The normalized spacial score (nSPS) is 14.9.